The third kappa shape index (κ3) is 6.61. The van der Waals surface area contributed by atoms with Gasteiger partial charge in [0.1, 0.15) is 4.21 Å². The molecular weight excluding hydrogens is 394 g/mol. The number of rotatable bonds is 10. The quantitative estimate of drug-likeness (QED) is 0.614. The predicted octanol–water partition coefficient (Wildman–Crippen LogP) is 3.33. The van der Waals surface area contributed by atoms with Crippen molar-refractivity contribution in [2.24, 2.45) is 0 Å². The Labute approximate surface area is 172 Å². The predicted molar refractivity (Wildman–Crippen MR) is 115 cm³/mol. The maximum atomic E-state index is 12.2. The molecular formula is C20H29N3O3S2. The summed E-state index contributed by atoms with van der Waals surface area (Å²) in [7, 11) is -3.56. The van der Waals surface area contributed by atoms with Crippen molar-refractivity contribution in [1.29, 1.82) is 0 Å². The Bertz CT molecular complexity index is 837. The van der Waals surface area contributed by atoms with E-state index in [1.807, 2.05) is 0 Å². The molecule has 0 atom stereocenters. The summed E-state index contributed by atoms with van der Waals surface area (Å²) in [5.41, 5.74) is 1.31. The number of hydrogen-bond acceptors (Lipinski definition) is 5. The molecule has 8 heteroatoms. The Hall–Kier alpha value is -1.90. The minimum atomic E-state index is -3.56. The molecule has 0 unspecified atom stereocenters. The molecule has 0 aliphatic rings. The fourth-order valence-electron chi connectivity index (χ4n) is 3.00. The smallest absolute Gasteiger partial charge is 0.271 e. The average Bonchev–Trinajstić information content (AvgIpc) is 3.15. The van der Waals surface area contributed by atoms with Crippen molar-refractivity contribution in [2.75, 3.05) is 17.8 Å². The zero-order chi connectivity index (χ0) is 20.7. The lowest BCUT2D eigenvalue weighted by Gasteiger charge is -2.30. The highest BCUT2D eigenvalue weighted by Gasteiger charge is 2.15. The number of hydrogen-bond donors (Lipinski definition) is 2. The van der Waals surface area contributed by atoms with Gasteiger partial charge in [-0.25, -0.2) is 8.42 Å². The summed E-state index contributed by atoms with van der Waals surface area (Å²) in [6, 6.07) is 11.0. The Balaban J connectivity index is 1.84. The molecule has 0 radical (unpaired) electrons. The van der Waals surface area contributed by atoms with Gasteiger partial charge in [-0.2, -0.15) is 0 Å². The summed E-state index contributed by atoms with van der Waals surface area (Å²) >= 11 is 1.17. The van der Waals surface area contributed by atoms with Crippen molar-refractivity contribution in [3.05, 3.63) is 47.3 Å². The van der Waals surface area contributed by atoms with E-state index in [2.05, 4.69) is 42.6 Å². The number of thiophene rings is 1. The molecule has 154 valence electrons. The lowest BCUT2D eigenvalue weighted by molar-refractivity contribution is -0.120. The van der Waals surface area contributed by atoms with Gasteiger partial charge in [0.2, 0.25) is 5.91 Å². The van der Waals surface area contributed by atoms with Gasteiger partial charge in [-0.1, -0.05) is 18.2 Å². The van der Waals surface area contributed by atoms with Crippen LogP contribution in [0.2, 0.25) is 0 Å². The molecule has 1 heterocycles. The van der Waals surface area contributed by atoms with E-state index < -0.39 is 10.0 Å². The SMILES string of the molecule is CC(C)N(CCNC(=O)Cc1ccc(NS(=O)(=O)c2cccs2)cc1)C(C)C. The summed E-state index contributed by atoms with van der Waals surface area (Å²) in [5, 5.41) is 4.67. The van der Waals surface area contributed by atoms with Gasteiger partial charge in [0.05, 0.1) is 6.42 Å². The highest BCUT2D eigenvalue weighted by atomic mass is 32.2. The average molecular weight is 424 g/mol. The van der Waals surface area contributed by atoms with Crippen LogP contribution in [0.1, 0.15) is 33.3 Å². The van der Waals surface area contributed by atoms with Crippen LogP contribution in [0.25, 0.3) is 0 Å². The van der Waals surface area contributed by atoms with Crippen molar-refractivity contribution in [2.45, 2.75) is 50.4 Å². The zero-order valence-electron chi connectivity index (χ0n) is 16.8. The summed E-state index contributed by atoms with van der Waals surface area (Å²) in [6.45, 7) is 10.0. The summed E-state index contributed by atoms with van der Waals surface area (Å²) in [5.74, 6) is -0.0422. The van der Waals surface area contributed by atoms with Crippen molar-refractivity contribution in [1.82, 2.24) is 10.2 Å². The van der Waals surface area contributed by atoms with Crippen molar-refractivity contribution in [3.8, 4) is 0 Å². The summed E-state index contributed by atoms with van der Waals surface area (Å²) in [6.07, 6.45) is 0.265. The largest absolute Gasteiger partial charge is 0.355 e. The highest BCUT2D eigenvalue weighted by molar-refractivity contribution is 7.94. The van der Waals surface area contributed by atoms with E-state index in [1.54, 1.807) is 41.8 Å². The zero-order valence-corrected chi connectivity index (χ0v) is 18.4. The van der Waals surface area contributed by atoms with Crippen LogP contribution in [0.4, 0.5) is 5.69 Å². The fourth-order valence-corrected chi connectivity index (χ4v) is 5.05. The number of nitrogens with one attached hydrogen (secondary N) is 2. The first-order valence-corrected chi connectivity index (χ1v) is 11.7. The molecule has 0 saturated heterocycles. The first kappa shape index (κ1) is 22.4. The third-order valence-electron chi connectivity index (χ3n) is 4.35. The Morgan fingerprint density at radius 2 is 1.71 bits per heavy atom. The van der Waals surface area contributed by atoms with Crippen LogP contribution in [-0.4, -0.2) is 44.4 Å². The molecule has 0 aliphatic heterocycles. The van der Waals surface area contributed by atoms with E-state index in [-0.39, 0.29) is 16.5 Å². The number of carbonyl (C=O) groups excluding carboxylic acids is 1. The fraction of sp³-hybridized carbons (Fsp3) is 0.450. The first-order chi connectivity index (χ1) is 13.2. The van der Waals surface area contributed by atoms with E-state index in [1.165, 1.54) is 11.3 Å². The number of carbonyl (C=O) groups is 1. The summed E-state index contributed by atoms with van der Waals surface area (Å²) < 4.78 is 27.3. The lowest BCUT2D eigenvalue weighted by atomic mass is 10.1. The van der Waals surface area contributed by atoms with Crippen molar-refractivity contribution in [3.63, 3.8) is 0 Å². The molecule has 1 aromatic heterocycles. The van der Waals surface area contributed by atoms with Crippen LogP contribution in [0, 0.1) is 0 Å². The van der Waals surface area contributed by atoms with E-state index in [9.17, 15) is 13.2 Å². The molecule has 28 heavy (non-hydrogen) atoms. The van der Waals surface area contributed by atoms with Gasteiger partial charge in [-0.15, -0.1) is 11.3 Å². The van der Waals surface area contributed by atoms with Gasteiger partial charge >= 0.3 is 0 Å². The molecule has 0 fully saturated rings. The Kier molecular flexibility index (Phi) is 8.03. The lowest BCUT2D eigenvalue weighted by Crippen LogP contribution is -2.42. The topological polar surface area (TPSA) is 78.5 Å². The van der Waals surface area contributed by atoms with Gasteiger partial charge in [0.15, 0.2) is 0 Å². The standard InChI is InChI=1S/C20H29N3O3S2/c1-15(2)23(16(3)4)12-11-21-19(24)14-17-7-9-18(10-8-17)22-28(25,26)20-6-5-13-27-20/h5-10,13,15-16,22H,11-12,14H2,1-4H3,(H,21,24). The molecule has 6 nitrogen and oxygen atoms in total. The second-order valence-corrected chi connectivity index (χ2v) is 10.0. The first-order valence-electron chi connectivity index (χ1n) is 9.36. The minimum Gasteiger partial charge on any atom is -0.355 e. The molecule has 2 aromatic rings. The van der Waals surface area contributed by atoms with E-state index in [0.717, 1.165) is 12.1 Å². The van der Waals surface area contributed by atoms with Crippen LogP contribution in [0.5, 0.6) is 0 Å². The van der Waals surface area contributed by atoms with Gasteiger partial charge < -0.3 is 5.32 Å². The number of sulfonamides is 1. The number of benzene rings is 1. The van der Waals surface area contributed by atoms with Gasteiger partial charge in [-0.3, -0.25) is 14.4 Å². The third-order valence-corrected chi connectivity index (χ3v) is 7.13. The number of anilines is 1. The van der Waals surface area contributed by atoms with Crippen LogP contribution in [0.3, 0.4) is 0 Å². The summed E-state index contributed by atoms with van der Waals surface area (Å²) in [4.78, 5) is 14.5. The second kappa shape index (κ2) is 10.0. The van der Waals surface area contributed by atoms with Crippen molar-refractivity contribution >= 4 is 33.0 Å². The second-order valence-electron chi connectivity index (χ2n) is 7.19. The van der Waals surface area contributed by atoms with Crippen LogP contribution < -0.4 is 10.0 Å². The Morgan fingerprint density at radius 1 is 1.07 bits per heavy atom. The molecule has 0 aliphatic carbocycles. The van der Waals surface area contributed by atoms with Gasteiger partial charge in [0.25, 0.3) is 10.0 Å². The van der Waals surface area contributed by atoms with E-state index in [4.69, 9.17) is 0 Å². The monoisotopic (exact) mass is 423 g/mol. The number of amides is 1. The molecule has 0 bridgehead atoms. The van der Waals surface area contributed by atoms with Crippen LogP contribution >= 0.6 is 11.3 Å². The minimum absolute atomic E-state index is 0.0422. The van der Waals surface area contributed by atoms with E-state index >= 15 is 0 Å². The molecule has 2 rings (SSSR count). The van der Waals surface area contributed by atoms with E-state index in [0.29, 0.717) is 24.3 Å². The molecule has 1 amide bonds. The molecule has 0 saturated carbocycles. The van der Waals surface area contributed by atoms with Crippen LogP contribution in [-0.2, 0) is 21.2 Å². The highest BCUT2D eigenvalue weighted by Crippen LogP contribution is 2.20. The van der Waals surface area contributed by atoms with Crippen molar-refractivity contribution < 1.29 is 13.2 Å². The molecule has 0 spiro atoms. The maximum absolute atomic E-state index is 12.2. The van der Waals surface area contributed by atoms with Crippen LogP contribution in [0.15, 0.2) is 46.0 Å². The van der Waals surface area contributed by atoms with Gasteiger partial charge in [-0.05, 0) is 56.8 Å². The normalized spacial score (nSPS) is 12.0. The molecule has 1 aromatic carbocycles. The van der Waals surface area contributed by atoms with Gasteiger partial charge in [0, 0.05) is 30.9 Å². The Morgan fingerprint density at radius 3 is 2.25 bits per heavy atom. The number of nitrogens with zero attached hydrogens (tertiary/aromatic N) is 1. The maximum Gasteiger partial charge on any atom is 0.271 e. The molecule has 2 N–H and O–H groups in total.